The van der Waals surface area contributed by atoms with Gasteiger partial charge in [0.05, 0.1) is 0 Å². The van der Waals surface area contributed by atoms with E-state index in [0.29, 0.717) is 29.0 Å². The van der Waals surface area contributed by atoms with Crippen molar-refractivity contribution in [1.82, 2.24) is 0 Å². The van der Waals surface area contributed by atoms with Crippen molar-refractivity contribution in [3.63, 3.8) is 0 Å². The summed E-state index contributed by atoms with van der Waals surface area (Å²) < 4.78 is 24.9. The van der Waals surface area contributed by atoms with Gasteiger partial charge >= 0.3 is 129 Å². The van der Waals surface area contributed by atoms with Gasteiger partial charge in [-0.15, -0.1) is 0 Å². The number of fused-ring (bicyclic) bond motifs is 2. The van der Waals surface area contributed by atoms with Gasteiger partial charge in [-0.3, -0.25) is 0 Å². The first-order chi connectivity index (χ1) is 10.6. The zero-order chi connectivity index (χ0) is 15.2. The second-order valence-corrected chi connectivity index (χ2v) is 9.24. The molecule has 2 aromatic rings. The minimum atomic E-state index is -4.06. The average Bonchev–Trinajstić information content (AvgIpc) is 3.00. The fourth-order valence-electron chi connectivity index (χ4n) is 2.75. The molecule has 5 heteroatoms. The van der Waals surface area contributed by atoms with E-state index in [1.54, 1.807) is 0 Å². The van der Waals surface area contributed by atoms with E-state index in [1.807, 2.05) is 68.5 Å². The zero-order valence-electron chi connectivity index (χ0n) is 12.5. The zero-order valence-corrected chi connectivity index (χ0v) is 13.5. The molecule has 4 rings (SSSR count). The van der Waals surface area contributed by atoms with Crippen LogP contribution in [0.25, 0.3) is 0 Å². The van der Waals surface area contributed by atoms with Crippen LogP contribution in [-0.2, 0) is 0 Å². The number of allylic oxidation sites excluding steroid dienone is 2. The van der Waals surface area contributed by atoms with E-state index in [-0.39, 0.29) is 0 Å². The molecule has 114 valence electrons. The summed E-state index contributed by atoms with van der Waals surface area (Å²) in [6.45, 7) is 4.07. The number of hydrogen-bond donors (Lipinski definition) is 0. The normalized spacial score (nSPS) is 20.2. The van der Waals surface area contributed by atoms with E-state index >= 15 is 0 Å². The Morgan fingerprint density at radius 3 is 1.45 bits per heavy atom. The third kappa shape index (κ3) is 1.89. The van der Waals surface area contributed by atoms with Crippen molar-refractivity contribution in [3.05, 3.63) is 60.2 Å². The van der Waals surface area contributed by atoms with Crippen LogP contribution in [0.5, 0.6) is 23.0 Å². The topological polar surface area (TPSA) is 36.9 Å². The van der Waals surface area contributed by atoms with Crippen LogP contribution < -0.4 is 17.7 Å². The molecular formula is C17H17O4Si-. The molecule has 22 heavy (non-hydrogen) atoms. The standard InChI is InChI=1S/C17H17O4Si/c1-13(2)11-12-22(18-14-7-3-4-8-15(14)19-22)20-16-9-5-6-10-17(16)21-22/h3-11H,12H2,1-2H3/q-1. The number of benzene rings is 2. The predicted molar refractivity (Wildman–Crippen MR) is 85.4 cm³/mol. The van der Waals surface area contributed by atoms with Gasteiger partial charge in [0.1, 0.15) is 0 Å². The van der Waals surface area contributed by atoms with Crippen molar-refractivity contribution in [1.29, 1.82) is 0 Å². The van der Waals surface area contributed by atoms with E-state index in [2.05, 4.69) is 0 Å². The van der Waals surface area contributed by atoms with Crippen molar-refractivity contribution >= 4 is 8.33 Å². The first-order valence-corrected chi connectivity index (χ1v) is 9.68. The summed E-state index contributed by atoms with van der Waals surface area (Å²) >= 11 is 0. The van der Waals surface area contributed by atoms with Gasteiger partial charge in [-0.2, -0.15) is 0 Å². The predicted octanol–water partition coefficient (Wildman–Crippen LogP) is 4.29. The summed E-state index contributed by atoms with van der Waals surface area (Å²) in [5, 5.41) is 0. The van der Waals surface area contributed by atoms with Crippen molar-refractivity contribution in [2.75, 3.05) is 0 Å². The first-order valence-electron chi connectivity index (χ1n) is 7.34. The number of rotatable bonds is 2. The Balaban J connectivity index is 1.81. The molecule has 0 saturated heterocycles. The monoisotopic (exact) mass is 313 g/mol. The third-order valence-electron chi connectivity index (χ3n) is 3.77. The third-order valence-corrected chi connectivity index (χ3v) is 7.10. The maximum absolute atomic E-state index is 6.22. The Morgan fingerprint density at radius 1 is 0.773 bits per heavy atom. The molecule has 0 unspecified atom stereocenters. The summed E-state index contributed by atoms with van der Waals surface area (Å²) in [6, 6.07) is 15.6. The second-order valence-electron chi connectivity index (χ2n) is 5.86. The van der Waals surface area contributed by atoms with E-state index in [0.717, 1.165) is 5.57 Å². The first kappa shape index (κ1) is 13.3. The molecule has 0 radical (unpaired) electrons. The van der Waals surface area contributed by atoms with Crippen LogP contribution in [0, 0.1) is 0 Å². The van der Waals surface area contributed by atoms with Gasteiger partial charge in [0.25, 0.3) is 0 Å². The van der Waals surface area contributed by atoms with Gasteiger partial charge in [-0.1, -0.05) is 0 Å². The van der Waals surface area contributed by atoms with E-state index in [9.17, 15) is 0 Å². The summed E-state index contributed by atoms with van der Waals surface area (Å²) in [5.41, 5.74) is 1.16. The molecule has 0 aromatic heterocycles. The molecule has 1 spiro atoms. The molecule has 0 amide bonds. The molecule has 0 N–H and O–H groups in total. The summed E-state index contributed by atoms with van der Waals surface area (Å²) in [5.74, 6) is 2.69. The van der Waals surface area contributed by atoms with Crippen LogP contribution in [0.15, 0.2) is 60.2 Å². The Kier molecular flexibility index (Phi) is 2.59. The van der Waals surface area contributed by atoms with Crippen LogP contribution in [-0.4, -0.2) is 8.33 Å². The van der Waals surface area contributed by atoms with Crippen molar-refractivity contribution in [3.8, 4) is 23.0 Å². The van der Waals surface area contributed by atoms with Gasteiger partial charge in [0.2, 0.25) is 0 Å². The van der Waals surface area contributed by atoms with Crippen molar-refractivity contribution in [2.24, 2.45) is 0 Å². The van der Waals surface area contributed by atoms with E-state index in [4.69, 9.17) is 17.7 Å². The Bertz CT molecular complexity index is 667. The molecule has 0 fully saturated rings. The number of hydrogen-bond acceptors (Lipinski definition) is 4. The van der Waals surface area contributed by atoms with Crippen molar-refractivity contribution < 1.29 is 17.7 Å². The molecule has 0 bridgehead atoms. The quantitative estimate of drug-likeness (QED) is 0.612. The van der Waals surface area contributed by atoms with Gasteiger partial charge in [-0.05, 0) is 0 Å². The average molecular weight is 313 g/mol. The van der Waals surface area contributed by atoms with E-state index in [1.165, 1.54) is 0 Å². The molecule has 0 aliphatic carbocycles. The molecule has 2 heterocycles. The van der Waals surface area contributed by atoms with Crippen molar-refractivity contribution in [2.45, 2.75) is 19.9 Å². The van der Waals surface area contributed by atoms with Gasteiger partial charge in [0.15, 0.2) is 0 Å². The molecule has 2 aliphatic rings. The maximum atomic E-state index is 6.22. The Hall–Kier alpha value is -2.40. The van der Waals surface area contributed by atoms with Crippen LogP contribution in [0.2, 0.25) is 6.04 Å². The summed E-state index contributed by atoms with van der Waals surface area (Å²) in [6.07, 6.45) is 2.05. The molecule has 0 saturated carbocycles. The molecule has 0 atom stereocenters. The van der Waals surface area contributed by atoms with Crippen LogP contribution in [0.3, 0.4) is 0 Å². The second kappa shape index (κ2) is 4.30. The molecule has 4 nitrogen and oxygen atoms in total. The fraction of sp³-hybridized carbons (Fsp3) is 0.176. The Labute approximate surface area is 129 Å². The van der Waals surface area contributed by atoms with Gasteiger partial charge in [-0.25, -0.2) is 0 Å². The summed E-state index contributed by atoms with van der Waals surface area (Å²) in [7, 11) is -4.06. The van der Waals surface area contributed by atoms with Crippen LogP contribution in [0.1, 0.15) is 13.8 Å². The van der Waals surface area contributed by atoms with Gasteiger partial charge in [0, 0.05) is 0 Å². The number of para-hydroxylation sites is 4. The van der Waals surface area contributed by atoms with Crippen LogP contribution >= 0.6 is 0 Å². The van der Waals surface area contributed by atoms with Gasteiger partial charge < -0.3 is 0 Å². The molecule has 2 aliphatic heterocycles. The molecular weight excluding hydrogens is 296 g/mol. The van der Waals surface area contributed by atoms with E-state index < -0.39 is 8.33 Å². The Morgan fingerprint density at radius 2 is 1.14 bits per heavy atom. The van der Waals surface area contributed by atoms with Crippen LogP contribution in [0.4, 0.5) is 0 Å². The fourth-order valence-corrected chi connectivity index (χ4v) is 6.45. The SMILES string of the molecule is CC(C)=CC[Si-]12(Oc3ccccc3O1)Oc1ccccc1O2. The molecule has 2 aromatic carbocycles. The minimum absolute atomic E-state index is 0.464. The summed E-state index contributed by atoms with van der Waals surface area (Å²) in [4.78, 5) is 0.